The molecular weight excluding hydrogens is 295 g/mol. The highest BCUT2D eigenvalue weighted by Gasteiger charge is 2.33. The van der Waals surface area contributed by atoms with Gasteiger partial charge in [0.15, 0.2) is 5.69 Å². The number of nitrogens with zero attached hydrogens (tertiary/aromatic N) is 2. The van der Waals surface area contributed by atoms with E-state index in [1.54, 1.807) is 0 Å². The molecule has 0 saturated carbocycles. The molecule has 0 atom stereocenters. The summed E-state index contributed by atoms with van der Waals surface area (Å²) in [6.45, 7) is -0.0660. The molecule has 10 heteroatoms. The van der Waals surface area contributed by atoms with Crippen LogP contribution in [0.25, 0.3) is 0 Å². The molecule has 1 rings (SSSR count). The van der Waals surface area contributed by atoms with Crippen LogP contribution in [0.1, 0.15) is 5.69 Å². The van der Waals surface area contributed by atoms with Crippen LogP contribution in [0.15, 0.2) is 6.07 Å². The predicted octanol–water partition coefficient (Wildman–Crippen LogP) is 1.61. The summed E-state index contributed by atoms with van der Waals surface area (Å²) in [5.74, 6) is -0.401. The molecule has 0 unspecified atom stereocenters. The monoisotopic (exact) mass is 303 g/mol. The minimum absolute atomic E-state index is 0.0660. The van der Waals surface area contributed by atoms with Crippen molar-refractivity contribution in [1.29, 1.82) is 0 Å². The normalized spacial score (nSPS) is 12.5. The van der Waals surface area contributed by atoms with Gasteiger partial charge < -0.3 is 5.32 Å². The summed E-state index contributed by atoms with van der Waals surface area (Å²) in [5, 5.41) is 1.88. The Morgan fingerprint density at radius 3 is 2.50 bits per heavy atom. The van der Waals surface area contributed by atoms with E-state index in [1.807, 2.05) is 0 Å². The first-order valence-corrected chi connectivity index (χ1v) is 7.05. The third kappa shape index (κ3) is 5.05. The fourth-order valence-corrected chi connectivity index (χ4v) is 1.67. The van der Waals surface area contributed by atoms with Gasteiger partial charge >= 0.3 is 6.18 Å². The Morgan fingerprint density at radius 2 is 2.00 bits per heavy atom. The molecule has 0 aliphatic heterocycles. The molecule has 102 valence electrons. The lowest BCUT2D eigenvalue weighted by Crippen LogP contribution is -2.16. The summed E-state index contributed by atoms with van der Waals surface area (Å²) in [6, 6.07) is 0.661. The van der Waals surface area contributed by atoms with Crippen LogP contribution < -0.4 is 5.32 Å². The Bertz CT molecular complexity index is 533. The summed E-state index contributed by atoms with van der Waals surface area (Å²) in [7, 11) is -3.20. The van der Waals surface area contributed by atoms with Gasteiger partial charge in [-0.25, -0.2) is 18.4 Å². The standard InChI is InChI=1S/C8H9ClF3N3O2S/c1-18(16,17)3-2-13-6-4-5(8(10,11)12)14-7(9)15-6/h4H,2-3H2,1H3,(H,13,14,15). The van der Waals surface area contributed by atoms with Crippen molar-refractivity contribution >= 4 is 27.3 Å². The summed E-state index contributed by atoms with van der Waals surface area (Å²) < 4.78 is 58.8. The summed E-state index contributed by atoms with van der Waals surface area (Å²) >= 11 is 5.34. The third-order valence-corrected chi connectivity index (χ3v) is 2.88. The quantitative estimate of drug-likeness (QED) is 0.856. The van der Waals surface area contributed by atoms with Crippen molar-refractivity contribution in [3.8, 4) is 0 Å². The lowest BCUT2D eigenvalue weighted by molar-refractivity contribution is -0.141. The van der Waals surface area contributed by atoms with Crippen molar-refractivity contribution in [3.63, 3.8) is 0 Å². The SMILES string of the molecule is CS(=O)(=O)CCNc1cc(C(F)(F)F)nc(Cl)n1. The molecule has 1 heterocycles. The zero-order valence-corrected chi connectivity index (χ0v) is 10.7. The molecule has 1 N–H and O–H groups in total. The van der Waals surface area contributed by atoms with E-state index in [0.717, 1.165) is 6.26 Å². The van der Waals surface area contributed by atoms with Crippen LogP contribution in [0.3, 0.4) is 0 Å². The molecule has 0 aliphatic rings. The van der Waals surface area contributed by atoms with Gasteiger partial charge in [0, 0.05) is 18.9 Å². The van der Waals surface area contributed by atoms with Gasteiger partial charge in [-0.3, -0.25) is 0 Å². The number of alkyl halides is 3. The highest BCUT2D eigenvalue weighted by molar-refractivity contribution is 7.90. The first-order chi connectivity index (χ1) is 8.08. The molecule has 5 nitrogen and oxygen atoms in total. The molecule has 0 aromatic carbocycles. The second kappa shape index (κ2) is 5.27. The average Bonchev–Trinajstić information content (AvgIpc) is 2.13. The zero-order chi connectivity index (χ0) is 14.0. The molecular formula is C8H9ClF3N3O2S. The summed E-state index contributed by atoms with van der Waals surface area (Å²) in [4.78, 5) is 6.55. The summed E-state index contributed by atoms with van der Waals surface area (Å²) in [5.41, 5.74) is -1.19. The van der Waals surface area contributed by atoms with Crippen LogP contribution in [-0.2, 0) is 16.0 Å². The van der Waals surface area contributed by atoms with Crippen molar-refractivity contribution in [3.05, 3.63) is 17.0 Å². The maximum absolute atomic E-state index is 12.4. The number of nitrogens with one attached hydrogen (secondary N) is 1. The average molecular weight is 304 g/mol. The smallest absolute Gasteiger partial charge is 0.369 e. The molecule has 0 aliphatic carbocycles. The molecule has 0 amide bonds. The van der Waals surface area contributed by atoms with E-state index in [1.165, 1.54) is 0 Å². The molecule has 0 saturated heterocycles. The van der Waals surface area contributed by atoms with E-state index >= 15 is 0 Å². The van der Waals surface area contributed by atoms with Gasteiger partial charge in [0.05, 0.1) is 5.75 Å². The van der Waals surface area contributed by atoms with Crippen LogP contribution in [0, 0.1) is 0 Å². The zero-order valence-electron chi connectivity index (χ0n) is 9.12. The van der Waals surface area contributed by atoms with Gasteiger partial charge in [-0.15, -0.1) is 0 Å². The van der Waals surface area contributed by atoms with Gasteiger partial charge in [-0.05, 0) is 11.6 Å². The fraction of sp³-hybridized carbons (Fsp3) is 0.500. The second-order valence-electron chi connectivity index (χ2n) is 3.46. The van der Waals surface area contributed by atoms with E-state index < -0.39 is 27.0 Å². The van der Waals surface area contributed by atoms with Crippen LogP contribution in [-0.4, -0.2) is 36.9 Å². The number of hydrogen-bond acceptors (Lipinski definition) is 5. The van der Waals surface area contributed by atoms with E-state index in [2.05, 4.69) is 15.3 Å². The first-order valence-electron chi connectivity index (χ1n) is 4.61. The largest absolute Gasteiger partial charge is 0.433 e. The van der Waals surface area contributed by atoms with E-state index in [9.17, 15) is 21.6 Å². The Hall–Kier alpha value is -1.09. The highest BCUT2D eigenvalue weighted by atomic mass is 35.5. The minimum Gasteiger partial charge on any atom is -0.369 e. The molecule has 18 heavy (non-hydrogen) atoms. The van der Waals surface area contributed by atoms with Crippen molar-refractivity contribution < 1.29 is 21.6 Å². The number of anilines is 1. The molecule has 1 aromatic rings. The van der Waals surface area contributed by atoms with Crippen molar-refractivity contribution in [2.45, 2.75) is 6.18 Å². The third-order valence-electron chi connectivity index (χ3n) is 1.77. The maximum atomic E-state index is 12.4. The lowest BCUT2D eigenvalue weighted by atomic mass is 10.4. The molecule has 0 fully saturated rings. The number of aromatic nitrogens is 2. The number of rotatable bonds is 4. The van der Waals surface area contributed by atoms with Crippen molar-refractivity contribution in [2.24, 2.45) is 0 Å². The maximum Gasteiger partial charge on any atom is 0.433 e. The Balaban J connectivity index is 2.81. The van der Waals surface area contributed by atoms with Crippen LogP contribution in [0.4, 0.5) is 19.0 Å². The molecule has 0 bridgehead atoms. The van der Waals surface area contributed by atoms with E-state index in [0.29, 0.717) is 6.07 Å². The molecule has 0 radical (unpaired) electrons. The first kappa shape index (κ1) is 15.0. The lowest BCUT2D eigenvalue weighted by Gasteiger charge is -2.09. The van der Waals surface area contributed by atoms with Crippen LogP contribution in [0.2, 0.25) is 5.28 Å². The Morgan fingerprint density at radius 1 is 1.39 bits per heavy atom. The fourth-order valence-electron chi connectivity index (χ4n) is 1.02. The number of hydrogen-bond donors (Lipinski definition) is 1. The second-order valence-corrected chi connectivity index (χ2v) is 6.06. The Kier molecular flexibility index (Phi) is 4.38. The van der Waals surface area contributed by atoms with Gasteiger partial charge in [-0.1, -0.05) is 0 Å². The van der Waals surface area contributed by atoms with Crippen molar-refractivity contribution in [2.75, 3.05) is 23.9 Å². The highest BCUT2D eigenvalue weighted by Crippen LogP contribution is 2.29. The topological polar surface area (TPSA) is 72.0 Å². The number of sulfone groups is 1. The predicted molar refractivity (Wildman–Crippen MR) is 60.2 cm³/mol. The molecule has 1 aromatic heterocycles. The van der Waals surface area contributed by atoms with Gasteiger partial charge in [-0.2, -0.15) is 13.2 Å². The minimum atomic E-state index is -4.64. The van der Waals surface area contributed by atoms with E-state index in [-0.39, 0.29) is 18.1 Å². The van der Waals surface area contributed by atoms with Crippen LogP contribution >= 0.6 is 11.6 Å². The van der Waals surface area contributed by atoms with Gasteiger partial charge in [0.1, 0.15) is 15.7 Å². The number of halogens is 4. The van der Waals surface area contributed by atoms with Gasteiger partial charge in [0.2, 0.25) is 5.28 Å². The molecule has 0 spiro atoms. The van der Waals surface area contributed by atoms with Gasteiger partial charge in [0.25, 0.3) is 0 Å². The van der Waals surface area contributed by atoms with Crippen LogP contribution in [0.5, 0.6) is 0 Å². The van der Waals surface area contributed by atoms with E-state index in [4.69, 9.17) is 11.6 Å². The summed E-state index contributed by atoms with van der Waals surface area (Å²) in [6.07, 6.45) is -3.62. The van der Waals surface area contributed by atoms with Crippen molar-refractivity contribution in [1.82, 2.24) is 9.97 Å². The Labute approximate surface area is 106 Å².